The quantitative estimate of drug-likeness (QED) is 0.534. The molecule has 3 aromatic carbocycles. The molecule has 0 saturated heterocycles. The van der Waals surface area contributed by atoms with Crippen LogP contribution < -0.4 is 0 Å². The van der Waals surface area contributed by atoms with Gasteiger partial charge in [-0.05, 0) is 96.7 Å². The third-order valence-electron chi connectivity index (χ3n) is 7.75. The summed E-state index contributed by atoms with van der Waals surface area (Å²) in [7, 11) is 0. The van der Waals surface area contributed by atoms with Crippen molar-refractivity contribution in [3.05, 3.63) is 105 Å². The van der Waals surface area contributed by atoms with Gasteiger partial charge in [-0.15, -0.1) is 0 Å². The molecule has 2 aliphatic rings. The second-order valence-corrected chi connectivity index (χ2v) is 9.85. The van der Waals surface area contributed by atoms with E-state index >= 15 is 0 Å². The van der Waals surface area contributed by atoms with Gasteiger partial charge in [0, 0.05) is 0 Å². The minimum Gasteiger partial charge on any atom is -0.478 e. The van der Waals surface area contributed by atoms with E-state index in [1.54, 1.807) is 23.3 Å². The van der Waals surface area contributed by atoms with Crippen LogP contribution in [0.1, 0.15) is 56.2 Å². The number of carboxylic acid groups (broad SMARTS) is 1. The molecule has 1 N–H and O–H groups in total. The van der Waals surface area contributed by atoms with E-state index in [1.165, 1.54) is 40.7 Å². The van der Waals surface area contributed by atoms with E-state index in [1.807, 2.05) is 12.1 Å². The van der Waals surface area contributed by atoms with Crippen molar-refractivity contribution in [3.8, 4) is 0 Å². The van der Waals surface area contributed by atoms with Crippen LogP contribution in [0.3, 0.4) is 0 Å². The summed E-state index contributed by atoms with van der Waals surface area (Å²) in [6.45, 7) is 6.88. The van der Waals surface area contributed by atoms with Crippen LogP contribution in [0.25, 0.3) is 0 Å². The lowest BCUT2D eigenvalue weighted by Crippen LogP contribution is -2.11. The molecule has 31 heavy (non-hydrogen) atoms. The van der Waals surface area contributed by atoms with Crippen LogP contribution >= 0.6 is 0 Å². The molecule has 0 heterocycles. The molecular formula is C29H30O2. The summed E-state index contributed by atoms with van der Waals surface area (Å²) in [5.41, 5.74) is 10.7. The summed E-state index contributed by atoms with van der Waals surface area (Å²) in [5, 5.41) is 9.11. The predicted molar refractivity (Wildman–Crippen MR) is 125 cm³/mol. The zero-order chi connectivity index (χ0) is 21.8. The van der Waals surface area contributed by atoms with Gasteiger partial charge in [0.25, 0.3) is 0 Å². The van der Waals surface area contributed by atoms with Crippen molar-refractivity contribution in [3.63, 3.8) is 0 Å². The molecule has 3 aromatic rings. The largest absolute Gasteiger partial charge is 0.478 e. The lowest BCUT2D eigenvalue weighted by Gasteiger charge is -2.19. The molecule has 0 aliphatic heterocycles. The second-order valence-electron chi connectivity index (χ2n) is 9.85. The maximum absolute atomic E-state index is 11.1. The third-order valence-corrected chi connectivity index (χ3v) is 7.75. The Morgan fingerprint density at radius 3 is 2.35 bits per heavy atom. The highest BCUT2D eigenvalue weighted by molar-refractivity contribution is 5.87. The van der Waals surface area contributed by atoms with E-state index < -0.39 is 5.97 Å². The Morgan fingerprint density at radius 1 is 0.968 bits per heavy atom. The van der Waals surface area contributed by atoms with Gasteiger partial charge in [-0.3, -0.25) is 0 Å². The van der Waals surface area contributed by atoms with Gasteiger partial charge in [-0.2, -0.15) is 0 Å². The Hall–Kier alpha value is -2.87. The fraction of sp³-hybridized carbons (Fsp3) is 0.345. The molecule has 3 atom stereocenters. The van der Waals surface area contributed by atoms with E-state index in [2.05, 4.69) is 57.2 Å². The molecule has 2 nitrogen and oxygen atoms in total. The van der Waals surface area contributed by atoms with Gasteiger partial charge in [0.2, 0.25) is 0 Å². The Labute approximate surface area is 185 Å². The van der Waals surface area contributed by atoms with Crippen molar-refractivity contribution in [2.24, 2.45) is 11.8 Å². The molecular weight excluding hydrogens is 380 g/mol. The molecule has 2 heteroatoms. The molecule has 0 radical (unpaired) electrons. The molecule has 0 aromatic heterocycles. The Morgan fingerprint density at radius 2 is 1.68 bits per heavy atom. The first-order valence-corrected chi connectivity index (χ1v) is 11.4. The molecule has 158 valence electrons. The molecule has 3 unspecified atom stereocenters. The topological polar surface area (TPSA) is 37.3 Å². The number of rotatable bonds is 6. The second kappa shape index (κ2) is 7.37. The van der Waals surface area contributed by atoms with E-state index in [9.17, 15) is 4.79 Å². The summed E-state index contributed by atoms with van der Waals surface area (Å²) in [6, 6.07) is 21.2. The van der Waals surface area contributed by atoms with Gasteiger partial charge in [-0.25, -0.2) is 4.79 Å². The van der Waals surface area contributed by atoms with Crippen molar-refractivity contribution in [2.75, 3.05) is 0 Å². The first-order chi connectivity index (χ1) is 14.9. The summed E-state index contributed by atoms with van der Waals surface area (Å²) in [6.07, 6.45) is 4.34. The standard InChI is InChI=1S/C29H30O2/c1-18-13-19(2)15-21(14-18)16-25-26-17-24-6-4-5-22(27(24)29(25,26)3)10-7-20-8-11-23(12-9-20)28(30)31/h4-6,8-9,11-15,25-26H,7,10,16-17H2,1-3H3,(H,30,31). The zero-order valence-corrected chi connectivity index (χ0v) is 18.6. The average Bonchev–Trinajstić information content (AvgIpc) is 3.12. The van der Waals surface area contributed by atoms with Crippen LogP contribution in [-0.4, -0.2) is 11.1 Å². The minimum absolute atomic E-state index is 0.302. The summed E-state index contributed by atoms with van der Waals surface area (Å²) in [5.74, 6) is 0.631. The van der Waals surface area contributed by atoms with E-state index in [-0.39, 0.29) is 0 Å². The monoisotopic (exact) mass is 410 g/mol. The lowest BCUT2D eigenvalue weighted by atomic mass is 9.85. The Kier molecular flexibility index (Phi) is 4.77. The fourth-order valence-electron chi connectivity index (χ4n) is 6.27. The van der Waals surface area contributed by atoms with Crippen molar-refractivity contribution in [1.29, 1.82) is 0 Å². The maximum atomic E-state index is 11.1. The maximum Gasteiger partial charge on any atom is 0.335 e. The van der Waals surface area contributed by atoms with E-state index in [4.69, 9.17) is 5.11 Å². The van der Waals surface area contributed by atoms with E-state index in [0.717, 1.165) is 24.7 Å². The smallest absolute Gasteiger partial charge is 0.335 e. The first kappa shape index (κ1) is 20.1. The van der Waals surface area contributed by atoms with Crippen molar-refractivity contribution < 1.29 is 9.90 Å². The number of hydrogen-bond donors (Lipinski definition) is 1. The van der Waals surface area contributed by atoms with Gasteiger partial charge < -0.3 is 5.11 Å². The minimum atomic E-state index is -0.866. The molecule has 0 amide bonds. The van der Waals surface area contributed by atoms with Crippen molar-refractivity contribution in [1.82, 2.24) is 0 Å². The number of fused-ring (bicyclic) bond motifs is 3. The summed E-state index contributed by atoms with van der Waals surface area (Å²) in [4.78, 5) is 11.1. The Bertz CT molecular complexity index is 1140. The van der Waals surface area contributed by atoms with Gasteiger partial charge in [-0.1, -0.05) is 66.6 Å². The summed E-state index contributed by atoms with van der Waals surface area (Å²) >= 11 is 0. The van der Waals surface area contributed by atoms with Crippen LogP contribution in [0, 0.1) is 25.7 Å². The molecule has 1 saturated carbocycles. The lowest BCUT2D eigenvalue weighted by molar-refractivity contribution is 0.0697. The van der Waals surface area contributed by atoms with Gasteiger partial charge in [0.15, 0.2) is 0 Å². The molecule has 0 spiro atoms. The van der Waals surface area contributed by atoms with Crippen LogP contribution in [0.2, 0.25) is 0 Å². The summed E-state index contributed by atoms with van der Waals surface area (Å²) < 4.78 is 0. The number of aryl methyl sites for hydroxylation is 4. The fourth-order valence-corrected chi connectivity index (χ4v) is 6.27. The molecule has 5 rings (SSSR count). The number of carbonyl (C=O) groups is 1. The number of carboxylic acids is 1. The van der Waals surface area contributed by atoms with Gasteiger partial charge in [0.05, 0.1) is 5.56 Å². The SMILES string of the molecule is Cc1cc(C)cc(CC2C3Cc4cccc(CCc5ccc(C(=O)O)cc5)c4C23C)c1. The number of hydrogen-bond acceptors (Lipinski definition) is 1. The Balaban J connectivity index is 1.35. The molecule has 0 bridgehead atoms. The highest BCUT2D eigenvalue weighted by atomic mass is 16.4. The average molecular weight is 411 g/mol. The zero-order valence-electron chi connectivity index (χ0n) is 18.6. The van der Waals surface area contributed by atoms with Crippen molar-refractivity contribution in [2.45, 2.75) is 51.9 Å². The van der Waals surface area contributed by atoms with Crippen molar-refractivity contribution >= 4 is 5.97 Å². The number of benzene rings is 3. The van der Waals surface area contributed by atoms with E-state index in [0.29, 0.717) is 11.0 Å². The number of aromatic carboxylic acids is 1. The van der Waals surface area contributed by atoms with Crippen LogP contribution in [0.5, 0.6) is 0 Å². The highest BCUT2D eigenvalue weighted by Gasteiger charge is 2.65. The highest BCUT2D eigenvalue weighted by Crippen LogP contribution is 2.68. The third kappa shape index (κ3) is 3.48. The van der Waals surface area contributed by atoms with Crippen LogP contribution in [-0.2, 0) is 31.1 Å². The predicted octanol–water partition coefficient (Wildman–Crippen LogP) is 6.09. The normalized spacial score (nSPS) is 23.3. The van der Waals surface area contributed by atoms with Gasteiger partial charge in [0.1, 0.15) is 0 Å². The van der Waals surface area contributed by atoms with Gasteiger partial charge >= 0.3 is 5.97 Å². The molecule has 2 aliphatic carbocycles. The van der Waals surface area contributed by atoms with Crippen LogP contribution in [0.4, 0.5) is 0 Å². The van der Waals surface area contributed by atoms with Crippen LogP contribution in [0.15, 0.2) is 60.7 Å². The first-order valence-electron chi connectivity index (χ1n) is 11.4. The molecule has 1 fully saturated rings.